The molecule has 2 unspecified atom stereocenters. The standard InChI is InChI=1S/C14H18Cl2N2O2/c1-20-14(19)10-4-12(17)8-18(7-10)6-9-2-3-11(15)5-13(9)16/h2-3,5,10,12H,4,6-8,17H2,1H3. The molecule has 0 spiro atoms. The van der Waals surface area contributed by atoms with Crippen LogP contribution in [0.15, 0.2) is 18.2 Å². The Bertz CT molecular complexity index is 496. The average molecular weight is 317 g/mol. The Kier molecular flexibility index (Phi) is 5.27. The quantitative estimate of drug-likeness (QED) is 0.869. The van der Waals surface area contributed by atoms with E-state index in [-0.39, 0.29) is 17.9 Å². The maximum absolute atomic E-state index is 11.7. The summed E-state index contributed by atoms with van der Waals surface area (Å²) in [5.74, 6) is -0.373. The number of nitrogens with two attached hydrogens (primary N) is 1. The van der Waals surface area contributed by atoms with Crippen molar-refractivity contribution in [1.29, 1.82) is 0 Å². The molecule has 1 aliphatic heterocycles. The van der Waals surface area contributed by atoms with E-state index in [0.717, 1.165) is 12.1 Å². The fraction of sp³-hybridized carbons (Fsp3) is 0.500. The molecule has 6 heteroatoms. The molecule has 110 valence electrons. The van der Waals surface area contributed by atoms with Gasteiger partial charge in [0.05, 0.1) is 13.0 Å². The van der Waals surface area contributed by atoms with Gasteiger partial charge in [0.25, 0.3) is 0 Å². The Morgan fingerprint density at radius 1 is 1.45 bits per heavy atom. The van der Waals surface area contributed by atoms with Crippen LogP contribution in [0.2, 0.25) is 10.0 Å². The first-order valence-corrected chi connectivity index (χ1v) is 7.25. The van der Waals surface area contributed by atoms with Gasteiger partial charge in [-0.3, -0.25) is 9.69 Å². The minimum absolute atomic E-state index is 0.0288. The zero-order chi connectivity index (χ0) is 14.7. The Hall–Kier alpha value is -0.810. The molecule has 0 radical (unpaired) electrons. The third-order valence-corrected chi connectivity index (χ3v) is 4.09. The first kappa shape index (κ1) is 15.6. The number of hydrogen-bond acceptors (Lipinski definition) is 4. The summed E-state index contributed by atoms with van der Waals surface area (Å²) in [6.45, 7) is 2.03. The van der Waals surface area contributed by atoms with Crippen LogP contribution in [0, 0.1) is 5.92 Å². The normalized spacial score (nSPS) is 23.6. The number of hydrogen-bond donors (Lipinski definition) is 1. The van der Waals surface area contributed by atoms with Gasteiger partial charge in [-0.15, -0.1) is 0 Å². The smallest absolute Gasteiger partial charge is 0.310 e. The fourth-order valence-corrected chi connectivity index (χ4v) is 3.06. The molecule has 1 saturated heterocycles. The van der Waals surface area contributed by atoms with Crippen molar-refractivity contribution in [3.8, 4) is 0 Å². The maximum Gasteiger partial charge on any atom is 0.310 e. The Balaban J connectivity index is 2.06. The van der Waals surface area contributed by atoms with Gasteiger partial charge in [0.1, 0.15) is 0 Å². The molecule has 0 bridgehead atoms. The van der Waals surface area contributed by atoms with Crippen molar-refractivity contribution in [3.05, 3.63) is 33.8 Å². The summed E-state index contributed by atoms with van der Waals surface area (Å²) in [7, 11) is 1.41. The minimum Gasteiger partial charge on any atom is -0.469 e. The highest BCUT2D eigenvalue weighted by Gasteiger charge is 2.30. The van der Waals surface area contributed by atoms with Crippen LogP contribution >= 0.6 is 23.2 Å². The van der Waals surface area contributed by atoms with Crippen molar-refractivity contribution >= 4 is 29.2 Å². The lowest BCUT2D eigenvalue weighted by molar-refractivity contribution is -0.147. The molecule has 0 amide bonds. The van der Waals surface area contributed by atoms with Gasteiger partial charge in [0, 0.05) is 35.7 Å². The number of carbonyl (C=O) groups is 1. The third kappa shape index (κ3) is 3.85. The van der Waals surface area contributed by atoms with Crippen LogP contribution in [0.5, 0.6) is 0 Å². The van der Waals surface area contributed by atoms with Crippen molar-refractivity contribution in [2.24, 2.45) is 11.7 Å². The van der Waals surface area contributed by atoms with E-state index in [0.29, 0.717) is 29.6 Å². The number of rotatable bonds is 3. The highest BCUT2D eigenvalue weighted by molar-refractivity contribution is 6.35. The van der Waals surface area contributed by atoms with Crippen molar-refractivity contribution in [2.45, 2.75) is 19.0 Å². The summed E-state index contributed by atoms with van der Waals surface area (Å²) in [6, 6.07) is 5.40. The summed E-state index contributed by atoms with van der Waals surface area (Å²) < 4.78 is 4.81. The molecule has 1 aromatic carbocycles. The van der Waals surface area contributed by atoms with E-state index in [1.165, 1.54) is 7.11 Å². The first-order valence-electron chi connectivity index (χ1n) is 6.49. The van der Waals surface area contributed by atoms with Crippen LogP contribution in [0.1, 0.15) is 12.0 Å². The second-order valence-electron chi connectivity index (χ2n) is 5.15. The molecule has 0 saturated carbocycles. The lowest BCUT2D eigenvalue weighted by Crippen LogP contribution is -2.48. The Morgan fingerprint density at radius 2 is 2.20 bits per heavy atom. The monoisotopic (exact) mass is 316 g/mol. The number of esters is 1. The molecule has 1 heterocycles. The predicted octanol–water partition coefficient (Wildman–Crippen LogP) is 2.32. The van der Waals surface area contributed by atoms with Crippen molar-refractivity contribution in [2.75, 3.05) is 20.2 Å². The predicted molar refractivity (Wildman–Crippen MR) is 79.8 cm³/mol. The fourth-order valence-electron chi connectivity index (χ4n) is 2.59. The van der Waals surface area contributed by atoms with Gasteiger partial charge in [-0.2, -0.15) is 0 Å². The van der Waals surface area contributed by atoms with Crippen molar-refractivity contribution in [1.82, 2.24) is 4.90 Å². The molecule has 4 nitrogen and oxygen atoms in total. The van der Waals surface area contributed by atoms with Crippen LogP contribution in [-0.2, 0) is 16.1 Å². The molecule has 2 atom stereocenters. The highest BCUT2D eigenvalue weighted by Crippen LogP contribution is 2.25. The number of methoxy groups -OCH3 is 1. The van der Waals surface area contributed by atoms with Crippen LogP contribution in [0.25, 0.3) is 0 Å². The van der Waals surface area contributed by atoms with E-state index < -0.39 is 0 Å². The number of benzene rings is 1. The summed E-state index contributed by atoms with van der Waals surface area (Å²) in [6.07, 6.45) is 0.664. The van der Waals surface area contributed by atoms with E-state index in [1.807, 2.05) is 12.1 Å². The molecule has 1 fully saturated rings. The van der Waals surface area contributed by atoms with Gasteiger partial charge in [-0.1, -0.05) is 29.3 Å². The lowest BCUT2D eigenvalue weighted by Gasteiger charge is -2.35. The first-order chi connectivity index (χ1) is 9.49. The number of nitrogens with zero attached hydrogens (tertiary/aromatic N) is 1. The molecule has 1 aliphatic rings. The largest absolute Gasteiger partial charge is 0.469 e. The van der Waals surface area contributed by atoms with Crippen LogP contribution < -0.4 is 5.73 Å². The van der Waals surface area contributed by atoms with E-state index >= 15 is 0 Å². The summed E-state index contributed by atoms with van der Waals surface area (Å²) >= 11 is 12.1. The van der Waals surface area contributed by atoms with Crippen molar-refractivity contribution in [3.63, 3.8) is 0 Å². The molecule has 0 aromatic heterocycles. The van der Waals surface area contributed by atoms with Gasteiger partial charge in [0.15, 0.2) is 0 Å². The van der Waals surface area contributed by atoms with E-state index in [4.69, 9.17) is 33.7 Å². The maximum atomic E-state index is 11.7. The van der Waals surface area contributed by atoms with Gasteiger partial charge in [-0.25, -0.2) is 0 Å². The van der Waals surface area contributed by atoms with Crippen LogP contribution in [0.4, 0.5) is 0 Å². The molecular formula is C14H18Cl2N2O2. The molecule has 2 rings (SSSR count). The Labute approximate surface area is 128 Å². The van der Waals surface area contributed by atoms with Crippen LogP contribution in [0.3, 0.4) is 0 Å². The molecule has 20 heavy (non-hydrogen) atoms. The van der Waals surface area contributed by atoms with Gasteiger partial charge in [0.2, 0.25) is 0 Å². The van der Waals surface area contributed by atoms with E-state index in [9.17, 15) is 4.79 Å². The molecule has 0 aliphatic carbocycles. The van der Waals surface area contributed by atoms with Crippen LogP contribution in [-0.4, -0.2) is 37.1 Å². The molecule has 1 aromatic rings. The summed E-state index contributed by atoms with van der Waals surface area (Å²) in [4.78, 5) is 13.8. The SMILES string of the molecule is COC(=O)C1CC(N)CN(Cc2ccc(Cl)cc2Cl)C1. The van der Waals surface area contributed by atoms with E-state index in [1.54, 1.807) is 6.07 Å². The second-order valence-corrected chi connectivity index (χ2v) is 5.99. The van der Waals surface area contributed by atoms with E-state index in [2.05, 4.69) is 4.90 Å². The number of carbonyl (C=O) groups excluding carboxylic acids is 1. The number of halogens is 2. The Morgan fingerprint density at radius 3 is 2.85 bits per heavy atom. The minimum atomic E-state index is -0.202. The average Bonchev–Trinajstić information content (AvgIpc) is 2.40. The number of piperidine rings is 1. The molecular weight excluding hydrogens is 299 g/mol. The topological polar surface area (TPSA) is 55.6 Å². The summed E-state index contributed by atoms with van der Waals surface area (Å²) in [5, 5.41) is 1.24. The lowest BCUT2D eigenvalue weighted by atomic mass is 9.94. The van der Waals surface area contributed by atoms with Gasteiger partial charge in [-0.05, 0) is 24.1 Å². The highest BCUT2D eigenvalue weighted by atomic mass is 35.5. The zero-order valence-electron chi connectivity index (χ0n) is 11.3. The van der Waals surface area contributed by atoms with Gasteiger partial charge >= 0.3 is 5.97 Å². The molecule has 2 N–H and O–H groups in total. The van der Waals surface area contributed by atoms with Crippen molar-refractivity contribution < 1.29 is 9.53 Å². The second kappa shape index (κ2) is 6.76. The third-order valence-electron chi connectivity index (χ3n) is 3.50. The zero-order valence-corrected chi connectivity index (χ0v) is 12.8. The van der Waals surface area contributed by atoms with Gasteiger partial charge < -0.3 is 10.5 Å². The number of ether oxygens (including phenoxy) is 1. The number of likely N-dealkylation sites (tertiary alicyclic amines) is 1. The summed E-state index contributed by atoms with van der Waals surface area (Å²) in [5.41, 5.74) is 7.00.